The zero-order chi connectivity index (χ0) is 57.5. The maximum atomic E-state index is 13.9. The van der Waals surface area contributed by atoms with E-state index < -0.39 is 80.7 Å². The van der Waals surface area contributed by atoms with Crippen molar-refractivity contribution in [2.75, 3.05) is 38.1 Å². The van der Waals surface area contributed by atoms with E-state index >= 15 is 0 Å². The zero-order valence-electron chi connectivity index (χ0n) is 45.9. The number of hydrogen-bond donors (Lipinski definition) is 3. The Balaban J connectivity index is 1.00. The molecule has 2 aromatic heterocycles. The number of anilines is 2. The van der Waals surface area contributed by atoms with Gasteiger partial charge in [0.2, 0.25) is 0 Å². The molecule has 424 valence electrons. The van der Waals surface area contributed by atoms with E-state index in [0.29, 0.717) is 22.6 Å². The number of ether oxygens (including phenoxy) is 5. The van der Waals surface area contributed by atoms with Gasteiger partial charge in [0.25, 0.3) is 11.8 Å². The van der Waals surface area contributed by atoms with Gasteiger partial charge in [-0.15, -0.1) is 0 Å². The minimum Gasteiger partial charge on any atom is -0.497 e. The van der Waals surface area contributed by atoms with Gasteiger partial charge in [-0.3, -0.25) is 18.7 Å². The van der Waals surface area contributed by atoms with Crippen LogP contribution in [0.3, 0.4) is 0 Å². The van der Waals surface area contributed by atoms with Crippen LogP contribution in [0.15, 0.2) is 174 Å². The second-order valence-electron chi connectivity index (χ2n) is 21.0. The predicted octanol–water partition coefficient (Wildman–Crippen LogP) is 9.61. The lowest BCUT2D eigenvalue weighted by atomic mass is 9.80. The first kappa shape index (κ1) is 58.6. The molecular formula is C59H65N6O13PSSi. The summed E-state index contributed by atoms with van der Waals surface area (Å²) in [6.07, 6.45) is -2.32. The summed E-state index contributed by atoms with van der Waals surface area (Å²) in [5, 5.41) is 5.13. The van der Waals surface area contributed by atoms with Gasteiger partial charge in [-0.05, 0) is 107 Å². The molecule has 0 bridgehead atoms. The summed E-state index contributed by atoms with van der Waals surface area (Å²) in [7, 11) is 0.676. The minimum absolute atomic E-state index is 0.0272. The molecule has 0 spiro atoms. The molecule has 2 fully saturated rings. The van der Waals surface area contributed by atoms with Gasteiger partial charge < -0.3 is 52.7 Å². The van der Waals surface area contributed by atoms with Gasteiger partial charge in [-0.2, -0.15) is 9.97 Å². The fraction of sp³-hybridized carbons (Fsp3) is 0.322. The quantitative estimate of drug-likeness (QED) is 0.0346. The summed E-state index contributed by atoms with van der Waals surface area (Å²) in [6.45, 7) is 5.76. The first-order chi connectivity index (χ1) is 38.8. The Morgan fingerprint density at radius 2 is 1.06 bits per heavy atom. The number of nitrogens with zero attached hydrogens (tertiary/aromatic N) is 4. The van der Waals surface area contributed by atoms with Crippen molar-refractivity contribution in [2.45, 2.75) is 94.2 Å². The highest BCUT2D eigenvalue weighted by Crippen LogP contribution is 2.51. The van der Waals surface area contributed by atoms with Crippen LogP contribution in [0.2, 0.25) is 18.1 Å². The molecule has 7 atom stereocenters. The predicted molar refractivity (Wildman–Crippen MR) is 311 cm³/mol. The molecule has 0 radical (unpaired) electrons. The molecule has 0 aliphatic carbocycles. The van der Waals surface area contributed by atoms with Crippen LogP contribution in [0.5, 0.6) is 11.5 Å². The highest BCUT2D eigenvalue weighted by atomic mass is 32.5. The van der Waals surface area contributed by atoms with E-state index in [-0.39, 0.29) is 42.7 Å². The molecular weight excluding hydrogens is 1090 g/mol. The van der Waals surface area contributed by atoms with Crippen molar-refractivity contribution < 1.29 is 51.6 Å². The van der Waals surface area contributed by atoms with Crippen molar-refractivity contribution in [2.24, 2.45) is 0 Å². The number of carbonyl (C=O) groups is 2. The molecule has 2 amide bonds. The van der Waals surface area contributed by atoms with Crippen LogP contribution in [-0.2, 0) is 45.1 Å². The van der Waals surface area contributed by atoms with Gasteiger partial charge >= 0.3 is 18.1 Å². The monoisotopic (exact) mass is 1160 g/mol. The molecule has 1 unspecified atom stereocenters. The summed E-state index contributed by atoms with van der Waals surface area (Å²) in [5.41, 5.74) is 0.321. The highest BCUT2D eigenvalue weighted by molar-refractivity contribution is 8.07. The number of nitrogens with one attached hydrogen (secondary N) is 2. The van der Waals surface area contributed by atoms with E-state index in [0.717, 1.165) is 16.7 Å². The number of methoxy groups -OCH3 is 2. The second kappa shape index (κ2) is 25.0. The van der Waals surface area contributed by atoms with E-state index in [4.69, 9.17) is 49.0 Å². The third-order valence-electron chi connectivity index (χ3n) is 14.8. The molecule has 5 aromatic carbocycles. The van der Waals surface area contributed by atoms with Crippen LogP contribution in [0, 0.1) is 0 Å². The number of benzene rings is 5. The molecule has 2 saturated heterocycles. The molecule has 0 saturated carbocycles. The van der Waals surface area contributed by atoms with Gasteiger partial charge in [0.15, 0.2) is 8.32 Å². The number of carbonyl (C=O) groups excluding carboxylic acids is 2. The lowest BCUT2D eigenvalue weighted by Gasteiger charge is -2.39. The first-order valence-corrected chi connectivity index (χ1v) is 31.8. The number of hydrogen-bond acceptors (Lipinski definition) is 15. The van der Waals surface area contributed by atoms with Gasteiger partial charge in [0.1, 0.15) is 53.4 Å². The Morgan fingerprint density at radius 1 is 0.642 bits per heavy atom. The topological polar surface area (TPSA) is 222 Å². The molecule has 19 nitrogen and oxygen atoms in total. The van der Waals surface area contributed by atoms with Crippen LogP contribution >= 0.6 is 6.72 Å². The average molecular weight is 1160 g/mol. The van der Waals surface area contributed by atoms with Crippen molar-refractivity contribution in [1.82, 2.24) is 19.1 Å². The van der Waals surface area contributed by atoms with E-state index in [1.54, 1.807) is 74.9 Å². The molecule has 9 rings (SSSR count). The van der Waals surface area contributed by atoms with Crippen molar-refractivity contribution in [1.29, 1.82) is 0 Å². The summed E-state index contributed by atoms with van der Waals surface area (Å²) < 4.78 is 53.8. The molecule has 4 heterocycles. The Labute approximate surface area is 475 Å². The second-order valence-corrected chi connectivity index (χ2v) is 28.6. The standard InChI is InChI=1S/C59H65N6O13PSSi/c1-58(2,3)81(6,7)78-47-36-53(65-34-32-51(63-57(65)69)61-55(67)40-19-13-9-14-20-40)76-49(47)38-74-79(70,80)77-46-35-52(64-33-31-50(62-56(64)68)60-54(66)39-17-11-8-12-18-39)75-48(46)37-73-59(41-21-15-10-16-22-41,42-23-27-44(71-4)28-24-42)43-25-29-45(72-5)30-26-43/h8-34,46-49,52-53H,35-38H2,1-7H3,(H,70,80)(H,60,62,66,68)(H,61,63,67,69)/t46-,47-,48+,49+,52+,53+,79?/m0/s1. The van der Waals surface area contributed by atoms with Crippen LogP contribution in [0.1, 0.15) is 83.5 Å². The van der Waals surface area contributed by atoms with E-state index in [1.807, 2.05) is 78.9 Å². The average Bonchev–Trinajstić information content (AvgIpc) is 4.17. The summed E-state index contributed by atoms with van der Waals surface area (Å²) in [5.74, 6) is 0.480. The van der Waals surface area contributed by atoms with Gasteiger partial charge in [0.05, 0.1) is 39.6 Å². The summed E-state index contributed by atoms with van der Waals surface area (Å²) in [4.78, 5) is 73.9. The number of amides is 2. The third-order valence-corrected chi connectivity index (χ3v) is 20.8. The fourth-order valence-electron chi connectivity index (χ4n) is 9.44. The Kier molecular flexibility index (Phi) is 18.1. The lowest BCUT2D eigenvalue weighted by molar-refractivity contribution is -0.0935. The molecule has 22 heteroatoms. The Morgan fingerprint density at radius 3 is 1.49 bits per heavy atom. The van der Waals surface area contributed by atoms with Gasteiger partial charge in [0, 0.05) is 36.4 Å². The molecule has 81 heavy (non-hydrogen) atoms. The smallest absolute Gasteiger partial charge is 0.351 e. The largest absolute Gasteiger partial charge is 0.497 e. The van der Waals surface area contributed by atoms with Crippen LogP contribution in [0.25, 0.3) is 0 Å². The number of aromatic nitrogens is 4. The molecule has 2 aliphatic heterocycles. The Hall–Kier alpha value is -7.01. The van der Waals surface area contributed by atoms with Crippen molar-refractivity contribution in [3.8, 4) is 11.5 Å². The lowest BCUT2D eigenvalue weighted by Crippen LogP contribution is -2.46. The summed E-state index contributed by atoms with van der Waals surface area (Å²) >= 11 is 5.81. The van der Waals surface area contributed by atoms with Crippen LogP contribution in [0.4, 0.5) is 11.6 Å². The minimum atomic E-state index is -4.25. The van der Waals surface area contributed by atoms with Crippen molar-refractivity contribution in [3.05, 3.63) is 213 Å². The van der Waals surface area contributed by atoms with E-state index in [2.05, 4.69) is 54.5 Å². The molecule has 3 N–H and O–H groups in total. The van der Waals surface area contributed by atoms with Crippen LogP contribution in [-0.4, -0.2) is 96.0 Å². The SMILES string of the molecule is COc1ccc(C(OC[C@H]2O[C@@H](n3ccc(NC(=O)c4ccccc4)nc3=O)C[C@@H]2OP(O)(=S)OC[C@H]2O[C@@H](n3ccc(NC(=O)c4ccccc4)nc3=O)C[C@@H]2O[Si](C)(C)C(C)(C)C)(c2ccccc2)c2ccc(OC)cc2)cc1. The molecule has 7 aromatic rings. The fourth-order valence-corrected chi connectivity index (χ4v) is 12.3. The normalized spacial score (nSPS) is 20.0. The summed E-state index contributed by atoms with van der Waals surface area (Å²) in [6, 6.07) is 44.8. The zero-order valence-corrected chi connectivity index (χ0v) is 48.6. The maximum absolute atomic E-state index is 13.9. The van der Waals surface area contributed by atoms with Crippen molar-refractivity contribution in [3.63, 3.8) is 0 Å². The van der Waals surface area contributed by atoms with Gasteiger partial charge in [-0.1, -0.05) is 112 Å². The first-order valence-electron chi connectivity index (χ1n) is 26.3. The third kappa shape index (κ3) is 13.7. The van der Waals surface area contributed by atoms with Crippen LogP contribution < -0.4 is 31.5 Å². The van der Waals surface area contributed by atoms with Gasteiger partial charge in [-0.25, -0.2) is 9.59 Å². The number of rotatable bonds is 21. The van der Waals surface area contributed by atoms with E-state index in [9.17, 15) is 24.1 Å². The molecule has 2 aliphatic rings. The Bertz CT molecular complexity index is 3420. The highest BCUT2D eigenvalue weighted by Gasteiger charge is 2.48. The van der Waals surface area contributed by atoms with Crippen molar-refractivity contribution >= 4 is 50.3 Å². The van der Waals surface area contributed by atoms with E-state index in [1.165, 1.54) is 33.7 Å². The maximum Gasteiger partial charge on any atom is 0.351 e.